The number of thiophene rings is 1. The Labute approximate surface area is 112 Å². The van der Waals surface area contributed by atoms with Crippen LogP contribution in [0.15, 0.2) is 52.3 Å². The lowest BCUT2D eigenvalue weighted by Crippen LogP contribution is -2.26. The second-order valence-corrected chi connectivity index (χ2v) is 5.72. The van der Waals surface area contributed by atoms with Crippen molar-refractivity contribution >= 4 is 33.0 Å². The number of rotatable bonds is 2. The number of benzene rings is 1. The fourth-order valence-corrected chi connectivity index (χ4v) is 2.80. The molecule has 2 aromatic rings. The van der Waals surface area contributed by atoms with Gasteiger partial charge in [0.15, 0.2) is 0 Å². The molecule has 0 saturated carbocycles. The van der Waals surface area contributed by atoms with E-state index in [1.165, 1.54) is 10.4 Å². The van der Waals surface area contributed by atoms with E-state index in [-0.39, 0.29) is 6.04 Å². The zero-order chi connectivity index (χ0) is 11.7. The molecule has 0 saturated heterocycles. The number of nitrogens with one attached hydrogen (secondary N) is 2. The summed E-state index contributed by atoms with van der Waals surface area (Å²) in [6, 6.07) is 12.8. The van der Waals surface area contributed by atoms with E-state index in [0.717, 1.165) is 10.2 Å². The van der Waals surface area contributed by atoms with Crippen LogP contribution < -0.4 is 10.9 Å². The van der Waals surface area contributed by atoms with E-state index in [4.69, 9.17) is 0 Å². The van der Waals surface area contributed by atoms with Crippen molar-refractivity contribution in [3.63, 3.8) is 0 Å². The fourth-order valence-electron chi connectivity index (χ4n) is 1.83. The first kappa shape index (κ1) is 11.0. The van der Waals surface area contributed by atoms with E-state index in [0.29, 0.717) is 0 Å². The van der Waals surface area contributed by atoms with Crippen LogP contribution >= 0.6 is 27.3 Å². The molecule has 17 heavy (non-hydrogen) atoms. The van der Waals surface area contributed by atoms with Crippen LogP contribution in [0.25, 0.3) is 5.70 Å². The molecule has 0 amide bonds. The summed E-state index contributed by atoms with van der Waals surface area (Å²) in [7, 11) is 0. The number of hydrogen-bond donors (Lipinski definition) is 2. The molecule has 1 atom stereocenters. The minimum Gasteiger partial charge on any atom is -0.319 e. The van der Waals surface area contributed by atoms with E-state index in [9.17, 15) is 0 Å². The molecular weight excluding hydrogens is 296 g/mol. The number of halogens is 1. The van der Waals surface area contributed by atoms with Gasteiger partial charge in [0.05, 0.1) is 16.6 Å². The monoisotopic (exact) mass is 306 g/mol. The Morgan fingerprint density at radius 3 is 2.65 bits per heavy atom. The normalized spacial score (nSPS) is 18.9. The molecule has 2 heterocycles. The molecule has 86 valence electrons. The highest BCUT2D eigenvalue weighted by atomic mass is 79.9. The molecule has 2 N–H and O–H groups in total. The van der Waals surface area contributed by atoms with Gasteiger partial charge >= 0.3 is 0 Å². The van der Waals surface area contributed by atoms with Crippen molar-refractivity contribution in [3.8, 4) is 0 Å². The molecule has 1 unspecified atom stereocenters. The average Bonchev–Trinajstić information content (AvgIpc) is 3.00. The summed E-state index contributed by atoms with van der Waals surface area (Å²) in [5, 5.41) is 2.09. The highest BCUT2D eigenvalue weighted by Gasteiger charge is 2.17. The zero-order valence-electron chi connectivity index (χ0n) is 8.98. The molecule has 4 heteroatoms. The highest BCUT2D eigenvalue weighted by Crippen LogP contribution is 2.27. The minimum absolute atomic E-state index is 0.236. The largest absolute Gasteiger partial charge is 0.319 e. The molecular formula is C13H11BrN2S. The SMILES string of the molecule is Brc1ccc(C2C=C(c3cccs3)NN2)cc1. The van der Waals surface area contributed by atoms with Crippen molar-refractivity contribution in [2.24, 2.45) is 0 Å². The molecule has 0 radical (unpaired) electrons. The predicted octanol–water partition coefficient (Wildman–Crippen LogP) is 3.70. The Bertz CT molecular complexity index is 531. The second-order valence-electron chi connectivity index (χ2n) is 3.86. The van der Waals surface area contributed by atoms with Gasteiger partial charge in [-0.05, 0) is 35.2 Å². The Morgan fingerprint density at radius 2 is 1.94 bits per heavy atom. The summed E-state index contributed by atoms with van der Waals surface area (Å²) in [4.78, 5) is 1.26. The van der Waals surface area contributed by atoms with E-state index in [1.54, 1.807) is 11.3 Å². The van der Waals surface area contributed by atoms with Gasteiger partial charge in [-0.15, -0.1) is 11.3 Å². The van der Waals surface area contributed by atoms with Crippen LogP contribution in [0.4, 0.5) is 0 Å². The third-order valence-electron chi connectivity index (χ3n) is 2.71. The lowest BCUT2D eigenvalue weighted by molar-refractivity contribution is 0.616. The molecule has 1 aromatic heterocycles. The maximum atomic E-state index is 3.45. The maximum Gasteiger partial charge on any atom is 0.0714 e. The number of hydrogen-bond acceptors (Lipinski definition) is 3. The van der Waals surface area contributed by atoms with Gasteiger partial charge in [0.2, 0.25) is 0 Å². The maximum absolute atomic E-state index is 3.45. The van der Waals surface area contributed by atoms with E-state index in [2.05, 4.69) is 74.6 Å². The first-order valence-electron chi connectivity index (χ1n) is 5.35. The van der Waals surface area contributed by atoms with E-state index >= 15 is 0 Å². The molecule has 1 aromatic carbocycles. The summed E-state index contributed by atoms with van der Waals surface area (Å²) in [5.41, 5.74) is 8.93. The number of hydrazine groups is 1. The van der Waals surface area contributed by atoms with Crippen LogP contribution in [-0.4, -0.2) is 0 Å². The standard InChI is InChI=1S/C13H11BrN2S/c14-10-5-3-9(4-6-10)11-8-12(16-15-11)13-2-1-7-17-13/h1-8,11,15-16H. The summed E-state index contributed by atoms with van der Waals surface area (Å²) >= 11 is 5.19. The second kappa shape index (κ2) is 4.64. The highest BCUT2D eigenvalue weighted by molar-refractivity contribution is 9.10. The van der Waals surface area contributed by atoms with E-state index < -0.39 is 0 Å². The lowest BCUT2D eigenvalue weighted by Gasteiger charge is -2.08. The third-order valence-corrected chi connectivity index (χ3v) is 4.14. The van der Waals surface area contributed by atoms with Gasteiger partial charge in [0.1, 0.15) is 0 Å². The first-order valence-corrected chi connectivity index (χ1v) is 7.03. The topological polar surface area (TPSA) is 24.1 Å². The quantitative estimate of drug-likeness (QED) is 0.884. The van der Waals surface area contributed by atoms with Crippen LogP contribution in [-0.2, 0) is 0 Å². The van der Waals surface area contributed by atoms with Gasteiger partial charge in [0, 0.05) is 4.47 Å². The predicted molar refractivity (Wildman–Crippen MR) is 75.5 cm³/mol. The van der Waals surface area contributed by atoms with Gasteiger partial charge in [-0.1, -0.05) is 34.1 Å². The van der Waals surface area contributed by atoms with Crippen molar-refractivity contribution in [1.82, 2.24) is 10.9 Å². The lowest BCUT2D eigenvalue weighted by atomic mass is 10.1. The van der Waals surface area contributed by atoms with E-state index in [1.807, 2.05) is 0 Å². The molecule has 0 aliphatic carbocycles. The third kappa shape index (κ3) is 2.29. The zero-order valence-corrected chi connectivity index (χ0v) is 11.4. The van der Waals surface area contributed by atoms with Gasteiger partial charge in [-0.25, -0.2) is 5.43 Å². The van der Waals surface area contributed by atoms with Crippen molar-refractivity contribution in [1.29, 1.82) is 0 Å². The molecule has 0 bridgehead atoms. The van der Waals surface area contributed by atoms with Gasteiger partial charge in [-0.3, -0.25) is 0 Å². The van der Waals surface area contributed by atoms with Crippen LogP contribution in [0.5, 0.6) is 0 Å². The molecule has 3 rings (SSSR count). The first-order chi connectivity index (χ1) is 8.33. The van der Waals surface area contributed by atoms with Crippen LogP contribution in [0, 0.1) is 0 Å². The fraction of sp³-hybridized carbons (Fsp3) is 0.0769. The van der Waals surface area contributed by atoms with Crippen LogP contribution in [0.2, 0.25) is 0 Å². The molecule has 0 fully saturated rings. The van der Waals surface area contributed by atoms with Gasteiger partial charge in [0.25, 0.3) is 0 Å². The van der Waals surface area contributed by atoms with Crippen molar-refractivity contribution in [2.45, 2.75) is 6.04 Å². The molecule has 1 aliphatic heterocycles. The average molecular weight is 307 g/mol. The van der Waals surface area contributed by atoms with Crippen LogP contribution in [0.1, 0.15) is 16.5 Å². The molecule has 1 aliphatic rings. The summed E-state index contributed by atoms with van der Waals surface area (Å²) in [6.07, 6.45) is 2.22. The Balaban J connectivity index is 1.85. The summed E-state index contributed by atoms with van der Waals surface area (Å²) < 4.78 is 1.11. The summed E-state index contributed by atoms with van der Waals surface area (Å²) in [6.45, 7) is 0. The Kier molecular flexibility index (Phi) is 3.01. The van der Waals surface area contributed by atoms with Gasteiger partial charge < -0.3 is 5.43 Å². The minimum atomic E-state index is 0.236. The van der Waals surface area contributed by atoms with Crippen molar-refractivity contribution < 1.29 is 0 Å². The Morgan fingerprint density at radius 1 is 1.12 bits per heavy atom. The van der Waals surface area contributed by atoms with Crippen LogP contribution in [0.3, 0.4) is 0 Å². The molecule has 2 nitrogen and oxygen atoms in total. The van der Waals surface area contributed by atoms with Gasteiger partial charge in [-0.2, -0.15) is 0 Å². The summed E-state index contributed by atoms with van der Waals surface area (Å²) in [5.74, 6) is 0. The van der Waals surface area contributed by atoms with Crippen molar-refractivity contribution in [3.05, 3.63) is 62.8 Å². The molecule has 0 spiro atoms. The smallest absolute Gasteiger partial charge is 0.0714 e. The van der Waals surface area contributed by atoms with Crippen molar-refractivity contribution in [2.75, 3.05) is 0 Å². The Hall–Kier alpha value is -1.10.